The molecule has 66 valence electrons. The van der Waals surface area contributed by atoms with E-state index in [0.717, 1.165) is 0 Å². The van der Waals surface area contributed by atoms with Crippen LogP contribution in [0.5, 0.6) is 0 Å². The van der Waals surface area contributed by atoms with E-state index in [2.05, 4.69) is 25.3 Å². The quantitative estimate of drug-likeness (QED) is 0.542. The maximum atomic E-state index is 3.75. The van der Waals surface area contributed by atoms with Crippen molar-refractivity contribution >= 4 is 0 Å². The van der Waals surface area contributed by atoms with Gasteiger partial charge in [0.2, 0.25) is 0 Å². The van der Waals surface area contributed by atoms with Crippen LogP contribution in [0.1, 0.15) is 13.8 Å². The third-order valence-corrected chi connectivity index (χ3v) is 1.77. The lowest BCUT2D eigenvalue weighted by Crippen LogP contribution is -2.06. The molecule has 1 aliphatic rings. The van der Waals surface area contributed by atoms with Crippen molar-refractivity contribution in [2.45, 2.75) is 13.8 Å². The highest BCUT2D eigenvalue weighted by Crippen LogP contribution is 2.20. The van der Waals surface area contributed by atoms with Crippen molar-refractivity contribution in [1.82, 2.24) is 0 Å². The molecule has 0 aliphatic heterocycles. The number of hydrogen-bond acceptors (Lipinski definition) is 0. The van der Waals surface area contributed by atoms with E-state index < -0.39 is 0 Å². The lowest BCUT2D eigenvalue weighted by atomic mass is 9.89. The van der Waals surface area contributed by atoms with Crippen molar-refractivity contribution < 1.29 is 0 Å². The van der Waals surface area contributed by atoms with Crippen LogP contribution < -0.4 is 0 Å². The van der Waals surface area contributed by atoms with Crippen molar-refractivity contribution in [2.75, 3.05) is 0 Å². The second-order valence-electron chi connectivity index (χ2n) is 2.40. The zero-order valence-corrected chi connectivity index (χ0v) is 8.03. The van der Waals surface area contributed by atoms with Crippen LogP contribution >= 0.6 is 0 Å². The summed E-state index contributed by atoms with van der Waals surface area (Å²) in [6.07, 6.45) is 12.3. The summed E-state index contributed by atoms with van der Waals surface area (Å²) >= 11 is 0. The Hall–Kier alpha value is -1.04. The van der Waals surface area contributed by atoms with Gasteiger partial charge in [0.05, 0.1) is 0 Å². The van der Waals surface area contributed by atoms with Gasteiger partial charge in [-0.2, -0.15) is 0 Å². The van der Waals surface area contributed by atoms with Gasteiger partial charge in [-0.1, -0.05) is 50.3 Å². The van der Waals surface area contributed by atoms with Gasteiger partial charge in [0, 0.05) is 11.8 Å². The summed E-state index contributed by atoms with van der Waals surface area (Å²) in [5, 5.41) is 0. The molecule has 0 nitrogen and oxygen atoms in total. The summed E-state index contributed by atoms with van der Waals surface area (Å²) in [6, 6.07) is 0. The Morgan fingerprint density at radius 1 is 0.917 bits per heavy atom. The zero-order valence-electron chi connectivity index (χ0n) is 8.03. The first-order valence-electron chi connectivity index (χ1n) is 4.48. The van der Waals surface area contributed by atoms with Crippen LogP contribution in [-0.2, 0) is 0 Å². The lowest BCUT2D eigenvalue weighted by molar-refractivity contribution is 0.670. The molecule has 0 aromatic rings. The minimum Gasteiger partial charge on any atom is -0.102 e. The van der Waals surface area contributed by atoms with Gasteiger partial charge in [0.15, 0.2) is 0 Å². The molecule has 0 saturated carbocycles. The molecule has 1 aliphatic carbocycles. The van der Waals surface area contributed by atoms with Gasteiger partial charge in [-0.15, -0.1) is 13.2 Å². The average Bonchev–Trinajstić information content (AvgIpc) is 2.20. The molecule has 0 N–H and O–H groups in total. The summed E-state index contributed by atoms with van der Waals surface area (Å²) in [5.41, 5.74) is 0. The Morgan fingerprint density at radius 3 is 1.50 bits per heavy atom. The molecule has 0 bridgehead atoms. The third-order valence-electron chi connectivity index (χ3n) is 1.77. The Labute approximate surface area is 76.0 Å². The summed E-state index contributed by atoms with van der Waals surface area (Å²) in [5.74, 6) is 0.894. The van der Waals surface area contributed by atoms with E-state index in [0.29, 0.717) is 11.8 Å². The van der Waals surface area contributed by atoms with Crippen molar-refractivity contribution in [1.29, 1.82) is 0 Å². The number of rotatable bonds is 2. The van der Waals surface area contributed by atoms with Gasteiger partial charge in [-0.3, -0.25) is 0 Å². The molecule has 1 unspecified atom stereocenters. The molecule has 0 radical (unpaired) electrons. The molecular weight excluding hydrogens is 144 g/mol. The van der Waals surface area contributed by atoms with Crippen LogP contribution in [0.2, 0.25) is 0 Å². The highest BCUT2D eigenvalue weighted by atomic mass is 14.1. The summed E-state index contributed by atoms with van der Waals surface area (Å²) in [7, 11) is 0. The standard InChI is InChI=1S/C10H12.C2H6/c1-3-9-7-5-6-8-10(9)4-2;1-2/h3-10H,1-2H2;1-2H3/t9-,10?;/m0./s1. The smallest absolute Gasteiger partial charge is 0.00446 e. The Morgan fingerprint density at radius 2 is 1.25 bits per heavy atom. The molecule has 12 heavy (non-hydrogen) atoms. The van der Waals surface area contributed by atoms with Crippen LogP contribution in [0, 0.1) is 11.8 Å². The topological polar surface area (TPSA) is 0 Å². The Kier molecular flexibility index (Phi) is 6.08. The third kappa shape index (κ3) is 2.91. The molecule has 0 spiro atoms. The van der Waals surface area contributed by atoms with Crippen LogP contribution in [0.4, 0.5) is 0 Å². The van der Waals surface area contributed by atoms with E-state index in [1.165, 1.54) is 0 Å². The molecule has 0 heterocycles. The van der Waals surface area contributed by atoms with E-state index in [1.54, 1.807) is 0 Å². The van der Waals surface area contributed by atoms with Gasteiger partial charge in [-0.25, -0.2) is 0 Å². The minimum atomic E-state index is 0.447. The molecule has 0 saturated heterocycles. The van der Waals surface area contributed by atoms with Crippen LogP contribution in [0.3, 0.4) is 0 Å². The fourth-order valence-corrected chi connectivity index (χ4v) is 1.11. The highest BCUT2D eigenvalue weighted by Gasteiger charge is 2.10. The van der Waals surface area contributed by atoms with Crippen LogP contribution in [0.15, 0.2) is 49.6 Å². The van der Waals surface area contributed by atoms with E-state index in [4.69, 9.17) is 0 Å². The van der Waals surface area contributed by atoms with Crippen molar-refractivity contribution in [2.24, 2.45) is 11.8 Å². The SMILES string of the molecule is C=CC1C=CC=C[C@@H]1C=C.CC. The van der Waals surface area contributed by atoms with E-state index in [-0.39, 0.29) is 0 Å². The summed E-state index contributed by atoms with van der Waals surface area (Å²) < 4.78 is 0. The maximum absolute atomic E-state index is 3.75. The second-order valence-corrected chi connectivity index (χ2v) is 2.40. The van der Waals surface area contributed by atoms with Gasteiger partial charge in [-0.05, 0) is 0 Å². The fraction of sp³-hybridized carbons (Fsp3) is 0.333. The molecule has 0 aromatic carbocycles. The first-order valence-corrected chi connectivity index (χ1v) is 4.48. The largest absolute Gasteiger partial charge is 0.102 e. The molecule has 0 heteroatoms. The Bertz CT molecular complexity index is 162. The van der Waals surface area contributed by atoms with Crippen LogP contribution in [-0.4, -0.2) is 0 Å². The van der Waals surface area contributed by atoms with Crippen molar-refractivity contribution in [3.8, 4) is 0 Å². The first-order chi connectivity index (χ1) is 5.88. The van der Waals surface area contributed by atoms with Gasteiger partial charge in [0.1, 0.15) is 0 Å². The van der Waals surface area contributed by atoms with E-state index >= 15 is 0 Å². The van der Waals surface area contributed by atoms with Gasteiger partial charge >= 0.3 is 0 Å². The summed E-state index contributed by atoms with van der Waals surface area (Å²) in [6.45, 7) is 11.5. The zero-order chi connectivity index (χ0) is 9.40. The molecular formula is C12H18. The van der Waals surface area contributed by atoms with E-state index in [9.17, 15) is 0 Å². The van der Waals surface area contributed by atoms with Crippen LogP contribution in [0.25, 0.3) is 0 Å². The molecule has 0 fully saturated rings. The van der Waals surface area contributed by atoms with E-state index in [1.807, 2.05) is 38.2 Å². The second kappa shape index (κ2) is 6.66. The van der Waals surface area contributed by atoms with Gasteiger partial charge < -0.3 is 0 Å². The molecule has 2 atom stereocenters. The van der Waals surface area contributed by atoms with Gasteiger partial charge in [0.25, 0.3) is 0 Å². The van der Waals surface area contributed by atoms with Crippen molar-refractivity contribution in [3.05, 3.63) is 49.6 Å². The lowest BCUT2D eigenvalue weighted by Gasteiger charge is -2.16. The monoisotopic (exact) mass is 162 g/mol. The molecule has 0 aromatic heterocycles. The normalized spacial score (nSPS) is 25.5. The fourth-order valence-electron chi connectivity index (χ4n) is 1.11. The maximum Gasteiger partial charge on any atom is 0.00446 e. The number of hydrogen-bond donors (Lipinski definition) is 0. The van der Waals surface area contributed by atoms with Crippen molar-refractivity contribution in [3.63, 3.8) is 0 Å². The average molecular weight is 162 g/mol. The highest BCUT2D eigenvalue weighted by molar-refractivity contribution is 5.20. The first kappa shape index (κ1) is 11.0. The number of allylic oxidation sites excluding steroid dienone is 6. The minimum absolute atomic E-state index is 0.447. The molecule has 1 rings (SSSR count). The Balaban J connectivity index is 0.000000561. The summed E-state index contributed by atoms with van der Waals surface area (Å²) in [4.78, 5) is 0. The predicted molar refractivity (Wildman–Crippen MR) is 57.0 cm³/mol. The molecule has 0 amide bonds. The predicted octanol–water partition coefficient (Wildman–Crippen LogP) is 3.74.